The van der Waals surface area contributed by atoms with Gasteiger partial charge in [0.1, 0.15) is 19.2 Å². The largest absolute Gasteiger partial charge is 0.485 e. The quantitative estimate of drug-likeness (QED) is 0.718. The zero-order valence-electron chi connectivity index (χ0n) is 11.4. The van der Waals surface area contributed by atoms with E-state index < -0.39 is 29.9 Å². The number of para-hydroxylation sites is 2. The second-order valence-corrected chi connectivity index (χ2v) is 4.92. The van der Waals surface area contributed by atoms with Gasteiger partial charge in [-0.2, -0.15) is 0 Å². The van der Waals surface area contributed by atoms with Gasteiger partial charge in [-0.15, -0.1) is 0 Å². The Labute approximate surface area is 120 Å². The number of fused-ring (bicyclic) bond motifs is 1. The molecule has 7 heteroatoms. The molecule has 1 N–H and O–H groups in total. The average molecular weight is 290 g/mol. The van der Waals surface area contributed by atoms with Crippen LogP contribution in [0, 0.1) is 0 Å². The highest BCUT2D eigenvalue weighted by atomic mass is 16.6. The van der Waals surface area contributed by atoms with Crippen molar-refractivity contribution in [2.45, 2.75) is 19.1 Å². The number of benzene rings is 1. The van der Waals surface area contributed by atoms with E-state index in [1.54, 1.807) is 31.2 Å². The van der Waals surface area contributed by atoms with Crippen LogP contribution < -0.4 is 14.8 Å². The second kappa shape index (κ2) is 5.08. The Kier molecular flexibility index (Phi) is 3.25. The molecule has 3 rings (SSSR count). The minimum absolute atomic E-state index is 0.0505. The summed E-state index contributed by atoms with van der Waals surface area (Å²) in [7, 11) is 0. The van der Waals surface area contributed by atoms with Crippen LogP contribution in [-0.4, -0.2) is 47.9 Å². The molecule has 1 saturated heterocycles. The van der Waals surface area contributed by atoms with Crippen LogP contribution in [0.15, 0.2) is 24.3 Å². The van der Waals surface area contributed by atoms with Gasteiger partial charge in [0.25, 0.3) is 5.91 Å². The molecule has 0 radical (unpaired) electrons. The maximum atomic E-state index is 12.5. The van der Waals surface area contributed by atoms with E-state index in [0.717, 1.165) is 0 Å². The summed E-state index contributed by atoms with van der Waals surface area (Å²) < 4.78 is 11.1. The molecule has 0 aromatic heterocycles. The Morgan fingerprint density at radius 3 is 2.76 bits per heavy atom. The van der Waals surface area contributed by atoms with Crippen LogP contribution in [0.25, 0.3) is 0 Å². The summed E-state index contributed by atoms with van der Waals surface area (Å²) in [5.74, 6) is -0.370. The molecule has 2 atom stereocenters. The SMILES string of the molecule is CC1C(=O)NC(=O)CN1C(=O)C1COc2ccccc2O1. The first-order chi connectivity index (χ1) is 10.1. The van der Waals surface area contributed by atoms with Crippen LogP contribution in [0.4, 0.5) is 0 Å². The van der Waals surface area contributed by atoms with Gasteiger partial charge in [-0.3, -0.25) is 19.7 Å². The Hall–Kier alpha value is -2.57. The van der Waals surface area contributed by atoms with Crippen molar-refractivity contribution in [2.24, 2.45) is 0 Å². The van der Waals surface area contributed by atoms with Crippen LogP contribution in [0.3, 0.4) is 0 Å². The lowest BCUT2D eigenvalue weighted by atomic mass is 10.1. The summed E-state index contributed by atoms with van der Waals surface area (Å²) in [6, 6.07) is 6.31. The lowest BCUT2D eigenvalue weighted by Gasteiger charge is -2.35. The van der Waals surface area contributed by atoms with Crippen molar-refractivity contribution in [1.82, 2.24) is 10.2 Å². The molecule has 2 unspecified atom stereocenters. The summed E-state index contributed by atoms with van der Waals surface area (Å²) in [6.45, 7) is 1.46. The zero-order chi connectivity index (χ0) is 15.0. The molecule has 7 nitrogen and oxygen atoms in total. The van der Waals surface area contributed by atoms with Gasteiger partial charge >= 0.3 is 0 Å². The van der Waals surface area contributed by atoms with Crippen molar-refractivity contribution >= 4 is 17.7 Å². The molecule has 0 aliphatic carbocycles. The summed E-state index contributed by atoms with van der Waals surface area (Å²) in [4.78, 5) is 36.7. The van der Waals surface area contributed by atoms with Crippen LogP contribution in [-0.2, 0) is 14.4 Å². The first-order valence-electron chi connectivity index (χ1n) is 6.59. The first-order valence-corrected chi connectivity index (χ1v) is 6.59. The number of carbonyl (C=O) groups excluding carboxylic acids is 3. The Morgan fingerprint density at radius 1 is 1.29 bits per heavy atom. The molecule has 2 aliphatic rings. The number of carbonyl (C=O) groups is 3. The number of hydrogen-bond donors (Lipinski definition) is 1. The van der Waals surface area contributed by atoms with Crippen LogP contribution in [0.2, 0.25) is 0 Å². The molecular formula is C14H14N2O5. The summed E-state index contributed by atoms with van der Waals surface area (Å²) in [6.07, 6.45) is -0.860. The molecular weight excluding hydrogens is 276 g/mol. The summed E-state index contributed by atoms with van der Waals surface area (Å²) >= 11 is 0. The van der Waals surface area contributed by atoms with E-state index in [2.05, 4.69) is 5.32 Å². The van der Waals surface area contributed by atoms with E-state index >= 15 is 0 Å². The molecule has 0 saturated carbocycles. The van der Waals surface area contributed by atoms with E-state index in [1.807, 2.05) is 0 Å². The van der Waals surface area contributed by atoms with Gasteiger partial charge in [0.05, 0.1) is 0 Å². The van der Waals surface area contributed by atoms with Gasteiger partial charge in [0, 0.05) is 0 Å². The highest BCUT2D eigenvalue weighted by Gasteiger charge is 2.39. The molecule has 2 aliphatic heterocycles. The highest BCUT2D eigenvalue weighted by molar-refractivity contribution is 6.04. The van der Waals surface area contributed by atoms with Crippen molar-refractivity contribution in [1.29, 1.82) is 0 Å². The van der Waals surface area contributed by atoms with Gasteiger partial charge in [-0.1, -0.05) is 12.1 Å². The van der Waals surface area contributed by atoms with Gasteiger partial charge in [-0.05, 0) is 19.1 Å². The number of amides is 3. The molecule has 1 aromatic rings. The zero-order valence-corrected chi connectivity index (χ0v) is 11.4. The number of nitrogens with zero attached hydrogens (tertiary/aromatic N) is 1. The van der Waals surface area contributed by atoms with Crippen molar-refractivity contribution in [2.75, 3.05) is 13.2 Å². The predicted molar refractivity (Wildman–Crippen MR) is 70.7 cm³/mol. The third-order valence-electron chi connectivity index (χ3n) is 3.49. The van der Waals surface area contributed by atoms with Crippen LogP contribution in [0.1, 0.15) is 6.92 Å². The third kappa shape index (κ3) is 2.42. The van der Waals surface area contributed by atoms with E-state index in [0.29, 0.717) is 11.5 Å². The molecule has 21 heavy (non-hydrogen) atoms. The number of imide groups is 1. The first kappa shape index (κ1) is 13.4. The Bertz CT molecular complexity index is 615. The van der Waals surface area contributed by atoms with Crippen LogP contribution >= 0.6 is 0 Å². The monoisotopic (exact) mass is 290 g/mol. The molecule has 110 valence electrons. The van der Waals surface area contributed by atoms with Crippen molar-refractivity contribution in [3.63, 3.8) is 0 Å². The standard InChI is InChI=1S/C14H14N2O5/c1-8-13(18)15-12(17)6-16(8)14(19)11-7-20-9-4-2-3-5-10(9)21-11/h2-5,8,11H,6-7H2,1H3,(H,15,17,18). The van der Waals surface area contributed by atoms with Crippen molar-refractivity contribution < 1.29 is 23.9 Å². The number of rotatable bonds is 1. The molecule has 3 amide bonds. The third-order valence-corrected chi connectivity index (χ3v) is 3.49. The van der Waals surface area contributed by atoms with E-state index in [1.165, 1.54) is 4.90 Å². The number of piperazine rings is 1. The lowest BCUT2D eigenvalue weighted by molar-refractivity contribution is -0.154. The number of nitrogens with one attached hydrogen (secondary N) is 1. The molecule has 1 aromatic carbocycles. The summed E-state index contributed by atoms with van der Waals surface area (Å²) in [5.41, 5.74) is 0. The van der Waals surface area contributed by atoms with Gasteiger partial charge < -0.3 is 14.4 Å². The maximum Gasteiger partial charge on any atom is 0.268 e. The van der Waals surface area contributed by atoms with E-state index in [4.69, 9.17) is 9.47 Å². The van der Waals surface area contributed by atoms with Gasteiger partial charge in [0.2, 0.25) is 17.9 Å². The van der Waals surface area contributed by atoms with Crippen molar-refractivity contribution in [3.8, 4) is 11.5 Å². The number of ether oxygens (including phenoxy) is 2. The smallest absolute Gasteiger partial charge is 0.268 e. The van der Waals surface area contributed by atoms with Gasteiger partial charge in [-0.25, -0.2) is 0 Å². The Morgan fingerprint density at radius 2 is 2.00 bits per heavy atom. The molecule has 0 bridgehead atoms. The van der Waals surface area contributed by atoms with E-state index in [-0.39, 0.29) is 13.2 Å². The second-order valence-electron chi connectivity index (χ2n) is 4.92. The minimum Gasteiger partial charge on any atom is -0.485 e. The topological polar surface area (TPSA) is 84.9 Å². The van der Waals surface area contributed by atoms with E-state index in [9.17, 15) is 14.4 Å². The molecule has 2 heterocycles. The van der Waals surface area contributed by atoms with Crippen molar-refractivity contribution in [3.05, 3.63) is 24.3 Å². The summed E-state index contributed by atoms with van der Waals surface area (Å²) in [5, 5.41) is 2.19. The fraction of sp³-hybridized carbons (Fsp3) is 0.357. The normalized spacial score (nSPS) is 24.5. The fourth-order valence-corrected chi connectivity index (χ4v) is 2.31. The fourth-order valence-electron chi connectivity index (χ4n) is 2.31. The Balaban J connectivity index is 1.77. The number of hydrogen-bond acceptors (Lipinski definition) is 5. The predicted octanol–water partition coefficient (Wildman–Crippen LogP) is -0.300. The highest BCUT2D eigenvalue weighted by Crippen LogP contribution is 2.31. The average Bonchev–Trinajstić information content (AvgIpc) is 2.49. The molecule has 1 fully saturated rings. The maximum absolute atomic E-state index is 12.5. The lowest BCUT2D eigenvalue weighted by Crippen LogP contribution is -2.61. The van der Waals surface area contributed by atoms with Crippen LogP contribution in [0.5, 0.6) is 11.5 Å². The molecule has 0 spiro atoms. The minimum atomic E-state index is -0.860. The van der Waals surface area contributed by atoms with Gasteiger partial charge in [0.15, 0.2) is 11.5 Å².